The normalized spacial score (nSPS) is 12.9. The molecule has 5 nitrogen and oxygen atoms in total. The van der Waals surface area contributed by atoms with Crippen LogP contribution in [0, 0.1) is 0 Å². The predicted octanol–water partition coefficient (Wildman–Crippen LogP) is 3.49. The molecule has 0 saturated heterocycles. The second-order valence-electron chi connectivity index (χ2n) is 5.70. The Labute approximate surface area is 147 Å². The fourth-order valence-corrected chi connectivity index (χ4v) is 2.12. The lowest BCUT2D eigenvalue weighted by Crippen LogP contribution is -2.25. The third kappa shape index (κ3) is 6.39. The van der Waals surface area contributed by atoms with Gasteiger partial charge in [0.2, 0.25) is 0 Å². The number of esters is 2. The Bertz CT molecular complexity index is 610. The number of ether oxygens (including phenoxy) is 3. The van der Waals surface area contributed by atoms with Crippen molar-refractivity contribution in [2.45, 2.75) is 26.1 Å². The Morgan fingerprint density at radius 2 is 1.08 bits per heavy atom. The molecule has 0 aliphatic rings. The van der Waals surface area contributed by atoms with Crippen molar-refractivity contribution in [3.8, 4) is 0 Å². The molecule has 5 heteroatoms. The third-order valence-electron chi connectivity index (χ3n) is 3.34. The van der Waals surface area contributed by atoms with E-state index in [-0.39, 0.29) is 25.2 Å². The molecule has 0 aliphatic carbocycles. The Balaban J connectivity index is 1.67. The van der Waals surface area contributed by atoms with Gasteiger partial charge in [0.05, 0.1) is 24.3 Å². The zero-order valence-electron chi connectivity index (χ0n) is 14.4. The number of hydrogen-bond donors (Lipinski definition) is 0. The smallest absolute Gasteiger partial charge is 0.338 e. The molecule has 0 radical (unpaired) electrons. The molecule has 25 heavy (non-hydrogen) atoms. The zero-order valence-corrected chi connectivity index (χ0v) is 14.4. The molecule has 0 N–H and O–H groups in total. The summed E-state index contributed by atoms with van der Waals surface area (Å²) >= 11 is 0. The van der Waals surface area contributed by atoms with E-state index in [4.69, 9.17) is 14.2 Å². The van der Waals surface area contributed by atoms with Gasteiger partial charge in [-0.25, -0.2) is 9.59 Å². The summed E-state index contributed by atoms with van der Waals surface area (Å²) in [7, 11) is 0. The minimum absolute atomic E-state index is 0.228. The molecule has 132 valence electrons. The largest absolute Gasteiger partial charge is 0.457 e. The quantitative estimate of drug-likeness (QED) is 0.687. The Hall–Kier alpha value is -2.66. The minimum atomic E-state index is -0.398. The second kappa shape index (κ2) is 9.59. The summed E-state index contributed by atoms with van der Waals surface area (Å²) < 4.78 is 16.1. The first-order valence-electron chi connectivity index (χ1n) is 8.16. The van der Waals surface area contributed by atoms with Gasteiger partial charge in [-0.2, -0.15) is 0 Å². The van der Waals surface area contributed by atoms with Crippen LogP contribution in [-0.4, -0.2) is 37.4 Å². The van der Waals surface area contributed by atoms with Crippen molar-refractivity contribution in [2.75, 3.05) is 13.2 Å². The van der Waals surface area contributed by atoms with Gasteiger partial charge in [-0.05, 0) is 38.1 Å². The molecule has 2 aromatic carbocycles. The van der Waals surface area contributed by atoms with E-state index in [9.17, 15) is 9.59 Å². The maximum Gasteiger partial charge on any atom is 0.338 e. The molecule has 2 rings (SSSR count). The van der Waals surface area contributed by atoms with Gasteiger partial charge in [0, 0.05) is 0 Å². The number of carbonyl (C=O) groups excluding carboxylic acids is 2. The second-order valence-corrected chi connectivity index (χ2v) is 5.70. The lowest BCUT2D eigenvalue weighted by molar-refractivity contribution is -0.0262. The van der Waals surface area contributed by atoms with Crippen LogP contribution in [0.5, 0.6) is 0 Å². The summed E-state index contributed by atoms with van der Waals surface area (Å²) in [5, 5.41) is 0. The number of rotatable bonds is 8. The predicted molar refractivity (Wildman–Crippen MR) is 93.5 cm³/mol. The van der Waals surface area contributed by atoms with E-state index in [1.165, 1.54) is 0 Å². The monoisotopic (exact) mass is 342 g/mol. The van der Waals surface area contributed by atoms with Gasteiger partial charge in [-0.15, -0.1) is 0 Å². The van der Waals surface area contributed by atoms with Crippen LogP contribution in [-0.2, 0) is 14.2 Å². The highest BCUT2D eigenvalue weighted by Crippen LogP contribution is 2.06. The highest BCUT2D eigenvalue weighted by molar-refractivity contribution is 5.89. The zero-order chi connectivity index (χ0) is 18.1. The summed E-state index contributed by atoms with van der Waals surface area (Å²) in [5.41, 5.74) is 0.999. The molecule has 0 amide bonds. The number of benzene rings is 2. The molecule has 0 aliphatic heterocycles. The molecule has 2 atom stereocenters. The first-order chi connectivity index (χ1) is 12.1. The molecule has 0 unspecified atom stereocenters. The van der Waals surface area contributed by atoms with Gasteiger partial charge >= 0.3 is 11.9 Å². The van der Waals surface area contributed by atoms with E-state index in [2.05, 4.69) is 0 Å². The van der Waals surface area contributed by atoms with Crippen molar-refractivity contribution in [3.05, 3.63) is 71.8 Å². The van der Waals surface area contributed by atoms with Gasteiger partial charge in [-0.1, -0.05) is 36.4 Å². The van der Waals surface area contributed by atoms with Crippen molar-refractivity contribution in [2.24, 2.45) is 0 Å². The number of hydrogen-bond acceptors (Lipinski definition) is 5. The summed E-state index contributed by atoms with van der Waals surface area (Å²) in [4.78, 5) is 23.8. The van der Waals surface area contributed by atoms with Gasteiger partial charge in [0.25, 0.3) is 0 Å². The Kier molecular flexibility index (Phi) is 7.16. The maximum absolute atomic E-state index is 11.9. The molecule has 0 aromatic heterocycles. The van der Waals surface area contributed by atoms with Gasteiger partial charge in [0.15, 0.2) is 0 Å². The molecule has 0 spiro atoms. The van der Waals surface area contributed by atoms with E-state index in [1.54, 1.807) is 62.4 Å². The van der Waals surface area contributed by atoms with Crippen molar-refractivity contribution in [3.63, 3.8) is 0 Å². The van der Waals surface area contributed by atoms with E-state index in [0.717, 1.165) is 0 Å². The third-order valence-corrected chi connectivity index (χ3v) is 3.34. The first kappa shape index (κ1) is 18.7. The standard InChI is InChI=1S/C20H22O5/c1-15(24-19(21)17-9-5-3-6-10-17)13-23-14-16(2)25-20(22)18-11-7-4-8-12-18/h3-12,15-16H,13-14H2,1-2H3/t15-,16-/m0/s1. The average Bonchev–Trinajstić information content (AvgIpc) is 2.63. The summed E-state index contributed by atoms with van der Waals surface area (Å²) in [6.45, 7) is 3.96. The van der Waals surface area contributed by atoms with E-state index in [1.807, 2.05) is 12.1 Å². The van der Waals surface area contributed by atoms with Gasteiger partial charge < -0.3 is 14.2 Å². The lowest BCUT2D eigenvalue weighted by atomic mass is 10.2. The van der Waals surface area contributed by atoms with Crippen LogP contribution in [0.2, 0.25) is 0 Å². The van der Waals surface area contributed by atoms with Crippen LogP contribution in [0.25, 0.3) is 0 Å². The van der Waals surface area contributed by atoms with E-state index < -0.39 is 12.2 Å². The Morgan fingerprint density at radius 3 is 1.44 bits per heavy atom. The fraction of sp³-hybridized carbons (Fsp3) is 0.300. The fourth-order valence-electron chi connectivity index (χ4n) is 2.12. The topological polar surface area (TPSA) is 61.8 Å². The highest BCUT2D eigenvalue weighted by atomic mass is 16.6. The van der Waals surface area contributed by atoms with Crippen molar-refractivity contribution < 1.29 is 23.8 Å². The van der Waals surface area contributed by atoms with Crippen molar-refractivity contribution >= 4 is 11.9 Å². The molecule has 0 heterocycles. The molecule has 0 bridgehead atoms. The van der Waals surface area contributed by atoms with Crippen molar-refractivity contribution in [1.82, 2.24) is 0 Å². The minimum Gasteiger partial charge on any atom is -0.457 e. The Morgan fingerprint density at radius 1 is 0.720 bits per heavy atom. The van der Waals surface area contributed by atoms with Crippen LogP contribution in [0.1, 0.15) is 34.6 Å². The molecular weight excluding hydrogens is 320 g/mol. The van der Waals surface area contributed by atoms with Gasteiger partial charge in [0.1, 0.15) is 12.2 Å². The van der Waals surface area contributed by atoms with Crippen LogP contribution >= 0.6 is 0 Å². The van der Waals surface area contributed by atoms with E-state index >= 15 is 0 Å². The lowest BCUT2D eigenvalue weighted by Gasteiger charge is -2.17. The highest BCUT2D eigenvalue weighted by Gasteiger charge is 2.14. The van der Waals surface area contributed by atoms with Gasteiger partial charge in [-0.3, -0.25) is 0 Å². The van der Waals surface area contributed by atoms with Crippen LogP contribution in [0.15, 0.2) is 60.7 Å². The first-order valence-corrected chi connectivity index (χ1v) is 8.16. The average molecular weight is 342 g/mol. The molecule has 2 aromatic rings. The summed E-state index contributed by atoms with van der Waals surface area (Å²) in [6, 6.07) is 17.6. The van der Waals surface area contributed by atoms with Crippen LogP contribution in [0.4, 0.5) is 0 Å². The molecular formula is C20H22O5. The molecule has 0 saturated carbocycles. The SMILES string of the molecule is C[C@@H](COC[C@H](C)OC(=O)c1ccccc1)OC(=O)c1ccccc1. The summed E-state index contributed by atoms with van der Waals surface area (Å²) in [6.07, 6.45) is -0.797. The van der Waals surface area contributed by atoms with E-state index in [0.29, 0.717) is 11.1 Å². The van der Waals surface area contributed by atoms with Crippen LogP contribution in [0.3, 0.4) is 0 Å². The maximum atomic E-state index is 11.9. The summed E-state index contributed by atoms with van der Waals surface area (Å²) in [5.74, 6) is -0.777. The van der Waals surface area contributed by atoms with Crippen LogP contribution < -0.4 is 0 Å². The van der Waals surface area contributed by atoms with Crippen molar-refractivity contribution in [1.29, 1.82) is 0 Å². The number of carbonyl (C=O) groups is 2. The molecule has 0 fully saturated rings.